The maximum Gasteiger partial charge on any atom is 0.166 e. The summed E-state index contributed by atoms with van der Waals surface area (Å²) in [5, 5.41) is 2.93. The molecule has 2 aromatic rings. The first-order chi connectivity index (χ1) is 8.69. The van der Waals surface area contributed by atoms with E-state index in [1.54, 1.807) is 6.20 Å². The Morgan fingerprint density at radius 1 is 1.28 bits per heavy atom. The molecule has 0 saturated carbocycles. The summed E-state index contributed by atoms with van der Waals surface area (Å²) in [6.45, 7) is 0.621. The summed E-state index contributed by atoms with van der Waals surface area (Å²) in [5.74, 6) is -0.180. The second kappa shape index (κ2) is 5.93. The molecule has 0 aliphatic rings. The molecular formula is C13H13BrFN3. The number of benzene rings is 1. The smallest absolute Gasteiger partial charge is 0.166 e. The highest BCUT2D eigenvalue weighted by atomic mass is 79.9. The van der Waals surface area contributed by atoms with Crippen LogP contribution in [0.2, 0.25) is 0 Å². The molecule has 5 heteroatoms. The molecule has 1 heterocycles. The Hall–Kier alpha value is -1.46. The van der Waals surface area contributed by atoms with Gasteiger partial charge in [0.2, 0.25) is 0 Å². The van der Waals surface area contributed by atoms with Crippen molar-refractivity contribution in [2.75, 3.05) is 11.9 Å². The second-order valence-electron chi connectivity index (χ2n) is 3.84. The number of nitrogens with one attached hydrogen (secondary N) is 1. The summed E-state index contributed by atoms with van der Waals surface area (Å²) in [5.41, 5.74) is 7.43. The minimum absolute atomic E-state index is 0.213. The number of hydrogen-bond acceptors (Lipinski definition) is 3. The molecule has 18 heavy (non-hydrogen) atoms. The van der Waals surface area contributed by atoms with Crippen LogP contribution in [-0.4, -0.2) is 11.5 Å². The van der Waals surface area contributed by atoms with Crippen LogP contribution in [0.25, 0.3) is 0 Å². The lowest BCUT2D eigenvalue weighted by Gasteiger charge is -2.07. The normalized spacial score (nSPS) is 10.4. The average molecular weight is 310 g/mol. The third kappa shape index (κ3) is 3.27. The highest BCUT2D eigenvalue weighted by Crippen LogP contribution is 2.20. The summed E-state index contributed by atoms with van der Waals surface area (Å²) in [6, 6.07) is 9.07. The van der Waals surface area contributed by atoms with E-state index in [1.807, 2.05) is 24.3 Å². The Kier molecular flexibility index (Phi) is 4.28. The van der Waals surface area contributed by atoms with Crippen LogP contribution in [0.1, 0.15) is 5.56 Å². The van der Waals surface area contributed by atoms with E-state index in [4.69, 9.17) is 5.73 Å². The molecule has 2 rings (SSSR count). The largest absolute Gasteiger partial charge is 0.338 e. The van der Waals surface area contributed by atoms with Crippen LogP contribution in [-0.2, 0) is 6.42 Å². The van der Waals surface area contributed by atoms with Crippen LogP contribution in [0.3, 0.4) is 0 Å². The van der Waals surface area contributed by atoms with Gasteiger partial charge in [-0.3, -0.25) is 0 Å². The Labute approximate surface area is 113 Å². The first kappa shape index (κ1) is 13.0. The molecule has 0 aliphatic carbocycles. The van der Waals surface area contributed by atoms with Gasteiger partial charge in [-0.05, 0) is 52.7 Å². The third-order valence-corrected chi connectivity index (χ3v) is 2.89. The van der Waals surface area contributed by atoms with Crippen molar-refractivity contribution in [2.24, 2.45) is 5.73 Å². The van der Waals surface area contributed by atoms with Crippen LogP contribution in [0, 0.1) is 5.82 Å². The van der Waals surface area contributed by atoms with E-state index in [-0.39, 0.29) is 5.82 Å². The predicted molar refractivity (Wildman–Crippen MR) is 74.4 cm³/mol. The lowest BCUT2D eigenvalue weighted by molar-refractivity contribution is 0.625. The van der Waals surface area contributed by atoms with Gasteiger partial charge in [-0.25, -0.2) is 9.37 Å². The monoisotopic (exact) mass is 309 g/mol. The number of pyridine rings is 1. The fourth-order valence-corrected chi connectivity index (χ4v) is 1.87. The minimum atomic E-state index is -0.393. The molecule has 0 spiro atoms. The zero-order valence-corrected chi connectivity index (χ0v) is 11.2. The van der Waals surface area contributed by atoms with E-state index in [0.29, 0.717) is 11.0 Å². The SMILES string of the molecule is NCCc1ccc(Nc2ncc(Br)cc2F)cc1. The highest BCUT2D eigenvalue weighted by molar-refractivity contribution is 9.10. The third-order valence-electron chi connectivity index (χ3n) is 2.46. The van der Waals surface area contributed by atoms with Crippen molar-refractivity contribution < 1.29 is 4.39 Å². The summed E-state index contributed by atoms with van der Waals surface area (Å²) in [7, 11) is 0. The number of aromatic nitrogens is 1. The number of nitrogens with two attached hydrogens (primary N) is 1. The second-order valence-corrected chi connectivity index (χ2v) is 4.76. The molecule has 1 aromatic carbocycles. The molecule has 0 unspecified atom stereocenters. The van der Waals surface area contributed by atoms with Crippen molar-refractivity contribution in [1.82, 2.24) is 4.98 Å². The molecular weight excluding hydrogens is 297 g/mol. The quantitative estimate of drug-likeness (QED) is 0.911. The van der Waals surface area contributed by atoms with Crippen LogP contribution < -0.4 is 11.1 Å². The molecule has 94 valence electrons. The average Bonchev–Trinajstić information content (AvgIpc) is 2.35. The molecule has 0 atom stereocenters. The Morgan fingerprint density at radius 3 is 2.61 bits per heavy atom. The van der Waals surface area contributed by atoms with Crippen molar-refractivity contribution in [3.63, 3.8) is 0 Å². The Morgan fingerprint density at radius 2 is 2.00 bits per heavy atom. The summed E-state index contributed by atoms with van der Waals surface area (Å²) in [6.07, 6.45) is 2.39. The van der Waals surface area contributed by atoms with Gasteiger partial charge in [-0.15, -0.1) is 0 Å². The van der Waals surface area contributed by atoms with Crippen molar-refractivity contribution in [2.45, 2.75) is 6.42 Å². The fourth-order valence-electron chi connectivity index (χ4n) is 1.56. The molecule has 0 fully saturated rings. The maximum absolute atomic E-state index is 13.6. The number of hydrogen-bond donors (Lipinski definition) is 2. The molecule has 0 saturated heterocycles. The topological polar surface area (TPSA) is 50.9 Å². The molecule has 0 radical (unpaired) electrons. The van der Waals surface area contributed by atoms with E-state index in [0.717, 1.165) is 17.7 Å². The maximum atomic E-state index is 13.6. The van der Waals surface area contributed by atoms with Crippen LogP contribution >= 0.6 is 15.9 Å². The van der Waals surface area contributed by atoms with Crippen LogP contribution in [0.5, 0.6) is 0 Å². The van der Waals surface area contributed by atoms with E-state index in [1.165, 1.54) is 6.07 Å². The standard InChI is InChI=1S/C13H13BrFN3/c14-10-7-12(15)13(17-8-10)18-11-3-1-9(2-4-11)5-6-16/h1-4,7-8H,5-6,16H2,(H,17,18). The first-order valence-electron chi connectivity index (χ1n) is 5.56. The van der Waals surface area contributed by atoms with Gasteiger partial charge in [-0.1, -0.05) is 12.1 Å². The fraction of sp³-hybridized carbons (Fsp3) is 0.154. The Balaban J connectivity index is 2.13. The Bertz CT molecular complexity index is 528. The summed E-state index contributed by atoms with van der Waals surface area (Å²) in [4.78, 5) is 3.98. The molecule has 0 aliphatic heterocycles. The van der Waals surface area contributed by atoms with Crippen molar-refractivity contribution in [3.8, 4) is 0 Å². The molecule has 1 aromatic heterocycles. The first-order valence-corrected chi connectivity index (χ1v) is 6.35. The lowest BCUT2D eigenvalue weighted by atomic mass is 10.1. The van der Waals surface area contributed by atoms with E-state index in [9.17, 15) is 4.39 Å². The minimum Gasteiger partial charge on any atom is -0.338 e. The number of anilines is 2. The van der Waals surface area contributed by atoms with Crippen molar-refractivity contribution >= 4 is 27.4 Å². The summed E-state index contributed by atoms with van der Waals surface area (Å²) >= 11 is 3.17. The van der Waals surface area contributed by atoms with Gasteiger partial charge in [0.25, 0.3) is 0 Å². The van der Waals surface area contributed by atoms with Gasteiger partial charge < -0.3 is 11.1 Å². The van der Waals surface area contributed by atoms with E-state index in [2.05, 4.69) is 26.2 Å². The highest BCUT2D eigenvalue weighted by Gasteiger charge is 2.04. The molecule has 0 bridgehead atoms. The van der Waals surface area contributed by atoms with Gasteiger partial charge in [0.05, 0.1) is 0 Å². The molecule has 3 nitrogen and oxygen atoms in total. The van der Waals surface area contributed by atoms with Crippen molar-refractivity contribution in [1.29, 1.82) is 0 Å². The molecule has 0 amide bonds. The summed E-state index contributed by atoms with van der Waals surface area (Å²) < 4.78 is 14.2. The number of rotatable bonds is 4. The predicted octanol–water partition coefficient (Wildman–Crippen LogP) is 3.23. The van der Waals surface area contributed by atoms with Gasteiger partial charge in [0.15, 0.2) is 11.6 Å². The van der Waals surface area contributed by atoms with Gasteiger partial charge >= 0.3 is 0 Å². The zero-order valence-electron chi connectivity index (χ0n) is 9.66. The van der Waals surface area contributed by atoms with Gasteiger partial charge in [0, 0.05) is 16.4 Å². The number of nitrogens with zero attached hydrogens (tertiary/aromatic N) is 1. The van der Waals surface area contributed by atoms with Gasteiger partial charge in [0.1, 0.15) is 0 Å². The van der Waals surface area contributed by atoms with E-state index >= 15 is 0 Å². The number of halogens is 2. The van der Waals surface area contributed by atoms with E-state index < -0.39 is 5.82 Å². The molecule has 3 N–H and O–H groups in total. The van der Waals surface area contributed by atoms with Crippen LogP contribution in [0.15, 0.2) is 41.0 Å². The zero-order chi connectivity index (χ0) is 13.0. The van der Waals surface area contributed by atoms with Crippen LogP contribution in [0.4, 0.5) is 15.9 Å². The van der Waals surface area contributed by atoms with Crippen molar-refractivity contribution in [3.05, 3.63) is 52.4 Å². The lowest BCUT2D eigenvalue weighted by Crippen LogP contribution is -2.02. The van der Waals surface area contributed by atoms with Gasteiger partial charge in [-0.2, -0.15) is 0 Å².